The lowest BCUT2D eigenvalue weighted by atomic mass is 9.87. The number of aromatic nitrogens is 1. The van der Waals surface area contributed by atoms with Crippen molar-refractivity contribution in [2.75, 3.05) is 18.0 Å². The molecule has 1 aromatic rings. The summed E-state index contributed by atoms with van der Waals surface area (Å²) in [6.45, 7) is 22.1. The van der Waals surface area contributed by atoms with Crippen molar-refractivity contribution in [3.63, 3.8) is 0 Å². The highest BCUT2D eigenvalue weighted by atomic mass is 28.4. The van der Waals surface area contributed by atoms with Crippen LogP contribution >= 0.6 is 0 Å². The van der Waals surface area contributed by atoms with E-state index in [1.807, 2.05) is 6.20 Å². The number of pyridine rings is 1. The maximum atomic E-state index is 12.4. The first-order chi connectivity index (χ1) is 13.3. The second-order valence-corrected chi connectivity index (χ2v) is 15.8. The van der Waals surface area contributed by atoms with Crippen LogP contribution in [0.3, 0.4) is 0 Å². The Morgan fingerprint density at radius 2 is 1.76 bits per heavy atom. The molecule has 0 amide bonds. The highest BCUT2D eigenvalue weighted by Crippen LogP contribution is 2.43. The summed E-state index contributed by atoms with van der Waals surface area (Å²) in [5.41, 5.74) is 4.47. The number of anilines is 1. The van der Waals surface area contributed by atoms with Crippen LogP contribution in [0.25, 0.3) is 0 Å². The number of rotatable bonds is 4. The fourth-order valence-corrected chi connectivity index (χ4v) is 6.31. The smallest absolute Gasteiger partial charge is 0.192 e. The number of Topliss-reactive ketones (excluding diaryl/α,β-unsaturated/α-hetero) is 1. The Balaban J connectivity index is 1.90. The highest BCUT2D eigenvalue weighted by molar-refractivity contribution is 6.74. The topological polar surface area (TPSA) is 42.4 Å². The van der Waals surface area contributed by atoms with Crippen LogP contribution in [-0.2, 0) is 10.8 Å². The lowest BCUT2D eigenvalue weighted by Gasteiger charge is -2.48. The van der Waals surface area contributed by atoms with Gasteiger partial charge in [-0.15, -0.1) is 0 Å². The number of nitrogens with zero attached hydrogens (tertiary/aromatic N) is 2. The Morgan fingerprint density at radius 1 is 1.17 bits per heavy atom. The van der Waals surface area contributed by atoms with E-state index < -0.39 is 8.32 Å². The van der Waals surface area contributed by atoms with Gasteiger partial charge < -0.3 is 9.33 Å². The summed E-state index contributed by atoms with van der Waals surface area (Å²) in [6.07, 6.45) is 4.27. The lowest BCUT2D eigenvalue weighted by Crippen LogP contribution is -2.54. The van der Waals surface area contributed by atoms with E-state index in [1.165, 1.54) is 11.3 Å². The number of ketones is 1. The molecule has 2 aliphatic rings. The molecule has 4 nitrogen and oxygen atoms in total. The molecule has 0 unspecified atom stereocenters. The fourth-order valence-electron chi connectivity index (χ4n) is 4.81. The van der Waals surface area contributed by atoms with Gasteiger partial charge in [0.25, 0.3) is 0 Å². The molecular weight excluding hydrogens is 376 g/mol. The molecule has 0 radical (unpaired) electrons. The van der Waals surface area contributed by atoms with Crippen molar-refractivity contribution in [1.29, 1.82) is 0 Å². The zero-order valence-electron chi connectivity index (χ0n) is 19.9. The fraction of sp³-hybridized carbons (Fsp3) is 0.750. The van der Waals surface area contributed by atoms with Gasteiger partial charge >= 0.3 is 0 Å². The zero-order valence-corrected chi connectivity index (χ0v) is 20.9. The van der Waals surface area contributed by atoms with Gasteiger partial charge in [0.2, 0.25) is 0 Å². The van der Waals surface area contributed by atoms with Gasteiger partial charge in [-0.2, -0.15) is 0 Å². The molecule has 3 rings (SSSR count). The standard InChI is InChI=1S/C24H40N2O2Si/c1-15-10-11-19-21(15)25-12-20(18(4)27)22(19)26-13-16(2)23(17(3)14-26)28-29(8,9)24(5,6)7/h12,15-17,23H,10-11,13-14H2,1-9H3/t15-,16-,17+,23+/m1/s1. The van der Waals surface area contributed by atoms with Crippen molar-refractivity contribution < 1.29 is 9.22 Å². The van der Waals surface area contributed by atoms with Crippen molar-refractivity contribution in [3.05, 3.63) is 23.0 Å². The van der Waals surface area contributed by atoms with Crippen molar-refractivity contribution in [2.45, 2.75) is 91.5 Å². The molecule has 1 aliphatic heterocycles. The molecule has 0 saturated carbocycles. The van der Waals surface area contributed by atoms with Gasteiger partial charge in [0.15, 0.2) is 14.1 Å². The van der Waals surface area contributed by atoms with Crippen LogP contribution in [0.1, 0.15) is 82.4 Å². The van der Waals surface area contributed by atoms with Crippen LogP contribution < -0.4 is 4.90 Å². The quantitative estimate of drug-likeness (QED) is 0.458. The highest BCUT2D eigenvalue weighted by Gasteiger charge is 2.44. The Labute approximate surface area is 178 Å². The first-order valence-electron chi connectivity index (χ1n) is 11.3. The van der Waals surface area contributed by atoms with E-state index in [4.69, 9.17) is 4.43 Å². The molecule has 1 aliphatic carbocycles. The summed E-state index contributed by atoms with van der Waals surface area (Å²) in [5.74, 6) is 1.46. The van der Waals surface area contributed by atoms with Gasteiger partial charge in [0.1, 0.15) is 0 Å². The summed E-state index contributed by atoms with van der Waals surface area (Å²) in [7, 11) is -1.81. The third-order valence-electron chi connectivity index (χ3n) is 7.55. The third-order valence-corrected chi connectivity index (χ3v) is 12.0. The molecule has 0 aromatic carbocycles. The predicted molar refractivity (Wildman–Crippen MR) is 124 cm³/mol. The monoisotopic (exact) mass is 416 g/mol. The second-order valence-electron chi connectivity index (χ2n) is 11.1. The zero-order chi connectivity index (χ0) is 21.7. The molecule has 29 heavy (non-hydrogen) atoms. The average Bonchev–Trinajstić information content (AvgIpc) is 2.97. The van der Waals surface area contributed by atoms with Crippen molar-refractivity contribution >= 4 is 19.8 Å². The third kappa shape index (κ3) is 4.18. The number of piperidine rings is 1. The van der Waals surface area contributed by atoms with Crippen molar-refractivity contribution in [2.24, 2.45) is 11.8 Å². The lowest BCUT2D eigenvalue weighted by molar-refractivity contribution is 0.0626. The van der Waals surface area contributed by atoms with Gasteiger partial charge in [-0.05, 0) is 61.2 Å². The van der Waals surface area contributed by atoms with E-state index in [0.29, 0.717) is 17.8 Å². The van der Waals surface area contributed by atoms with Gasteiger partial charge in [-0.3, -0.25) is 9.78 Å². The molecule has 2 heterocycles. The SMILES string of the molecule is CC(=O)c1cnc2c(c1N1C[C@@H](C)[C@H](O[Si](C)(C)C(C)(C)C)[C@@H](C)C1)CC[C@H]2C. The number of hydrogen-bond donors (Lipinski definition) is 0. The van der Waals surface area contributed by atoms with Crippen LogP contribution in [-0.4, -0.2) is 38.3 Å². The van der Waals surface area contributed by atoms with Crippen LogP contribution in [0.15, 0.2) is 6.20 Å². The minimum absolute atomic E-state index is 0.120. The first kappa shape index (κ1) is 22.5. The molecule has 5 heteroatoms. The summed E-state index contributed by atoms with van der Waals surface area (Å²) in [6, 6.07) is 0. The van der Waals surface area contributed by atoms with Gasteiger partial charge in [-0.1, -0.05) is 41.5 Å². The minimum atomic E-state index is -1.81. The number of carbonyl (C=O) groups excluding carboxylic acids is 1. The molecule has 1 aromatic heterocycles. The van der Waals surface area contributed by atoms with Crippen LogP contribution in [0.4, 0.5) is 5.69 Å². The van der Waals surface area contributed by atoms with E-state index in [0.717, 1.165) is 37.2 Å². The Kier molecular flexibility index (Phi) is 6.05. The number of hydrogen-bond acceptors (Lipinski definition) is 4. The van der Waals surface area contributed by atoms with Crippen LogP contribution in [0, 0.1) is 11.8 Å². The van der Waals surface area contributed by atoms with Gasteiger partial charge in [0, 0.05) is 25.0 Å². The molecular formula is C24H40N2O2Si. The summed E-state index contributed by atoms with van der Waals surface area (Å²) in [5, 5.41) is 0.216. The summed E-state index contributed by atoms with van der Waals surface area (Å²) < 4.78 is 6.87. The van der Waals surface area contributed by atoms with E-state index in [9.17, 15) is 4.79 Å². The minimum Gasteiger partial charge on any atom is -0.413 e. The molecule has 162 valence electrons. The molecule has 0 bridgehead atoms. The molecule has 1 fully saturated rings. The molecule has 1 saturated heterocycles. The van der Waals surface area contributed by atoms with Crippen molar-refractivity contribution in [1.82, 2.24) is 4.98 Å². The first-order valence-corrected chi connectivity index (χ1v) is 14.2. The summed E-state index contributed by atoms with van der Waals surface area (Å²) >= 11 is 0. The summed E-state index contributed by atoms with van der Waals surface area (Å²) in [4.78, 5) is 19.6. The van der Waals surface area contributed by atoms with E-state index in [-0.39, 0.29) is 16.9 Å². The van der Waals surface area contributed by atoms with Gasteiger partial charge in [0.05, 0.1) is 17.4 Å². The average molecular weight is 417 g/mol. The van der Waals surface area contributed by atoms with E-state index in [2.05, 4.69) is 64.5 Å². The van der Waals surface area contributed by atoms with Crippen LogP contribution in [0.2, 0.25) is 18.1 Å². The second kappa shape index (κ2) is 7.81. The normalized spacial score (nSPS) is 27.8. The molecule has 0 spiro atoms. The number of fused-ring (bicyclic) bond motifs is 1. The van der Waals surface area contributed by atoms with E-state index >= 15 is 0 Å². The number of carbonyl (C=O) groups is 1. The maximum absolute atomic E-state index is 12.4. The largest absolute Gasteiger partial charge is 0.413 e. The molecule has 0 N–H and O–H groups in total. The Bertz CT molecular complexity index is 772. The van der Waals surface area contributed by atoms with Gasteiger partial charge in [-0.25, -0.2) is 0 Å². The molecule has 4 atom stereocenters. The Morgan fingerprint density at radius 3 is 2.28 bits per heavy atom. The maximum Gasteiger partial charge on any atom is 0.192 e. The van der Waals surface area contributed by atoms with Crippen LogP contribution in [0.5, 0.6) is 0 Å². The Hall–Kier alpha value is -1.20. The van der Waals surface area contributed by atoms with E-state index in [1.54, 1.807) is 6.92 Å². The van der Waals surface area contributed by atoms with Crippen molar-refractivity contribution in [3.8, 4) is 0 Å². The predicted octanol–water partition coefficient (Wildman–Crippen LogP) is 5.82.